The third-order valence-corrected chi connectivity index (χ3v) is 5.81. The topological polar surface area (TPSA) is 110 Å². The molecule has 2 aromatic rings. The van der Waals surface area contributed by atoms with Crippen LogP contribution >= 0.6 is 0 Å². The highest BCUT2D eigenvalue weighted by atomic mass is 19.1. The molecule has 3 aliphatic rings. The molecule has 2 atom stereocenters. The van der Waals surface area contributed by atoms with E-state index in [1.54, 1.807) is 12.1 Å². The quantitative estimate of drug-likeness (QED) is 0.707. The van der Waals surface area contributed by atoms with Crippen molar-refractivity contribution in [2.75, 3.05) is 13.1 Å². The molecular formula is C22H24FN7O. The summed E-state index contributed by atoms with van der Waals surface area (Å²) in [5.74, 6) is 0.616. The van der Waals surface area contributed by atoms with Crippen molar-refractivity contribution >= 4 is 18.0 Å². The van der Waals surface area contributed by atoms with Crippen LogP contribution in [0.2, 0.25) is 0 Å². The molecule has 0 spiro atoms. The maximum atomic E-state index is 13.4. The molecule has 1 saturated heterocycles. The number of fused-ring (bicyclic) bond motifs is 1. The van der Waals surface area contributed by atoms with Gasteiger partial charge in [-0.05, 0) is 31.5 Å². The average molecular weight is 421 g/mol. The highest BCUT2D eigenvalue weighted by Crippen LogP contribution is 2.34. The first-order valence-corrected chi connectivity index (χ1v) is 10.5. The van der Waals surface area contributed by atoms with E-state index in [0.717, 1.165) is 42.2 Å². The Kier molecular flexibility index (Phi) is 5.21. The first kappa shape index (κ1) is 19.8. The number of imidazole rings is 1. The molecule has 1 fully saturated rings. The number of nitrogens with two attached hydrogens (primary N) is 1. The van der Waals surface area contributed by atoms with E-state index < -0.39 is 6.17 Å². The SMILES string of the molecule is NC1N=CCn2c(C3CCCN3)nc(-c3ccc(C(=O)NC4=NCCC(F)=C4)cc3)c21. The van der Waals surface area contributed by atoms with Crippen LogP contribution in [-0.4, -0.2) is 40.6 Å². The standard InChI is InChI=1S/C22H24FN7O/c23-15-7-9-26-17(12-15)28-22(31)14-5-3-13(4-6-14)18-19-20(24)27-10-11-30(19)21(29-18)16-2-1-8-25-16/h3-6,10,12,16,20,25H,1-2,7-9,11,24H2,(H,26,28,31). The fraction of sp³-hybridized carbons (Fsp3) is 0.364. The third-order valence-electron chi connectivity index (χ3n) is 5.81. The Bertz CT molecular complexity index is 1090. The molecule has 2 unspecified atom stereocenters. The van der Waals surface area contributed by atoms with Crippen molar-refractivity contribution in [1.82, 2.24) is 20.2 Å². The van der Waals surface area contributed by atoms with Gasteiger partial charge in [-0.25, -0.2) is 9.37 Å². The van der Waals surface area contributed by atoms with Crippen molar-refractivity contribution in [3.05, 3.63) is 53.3 Å². The second kappa shape index (κ2) is 8.16. The largest absolute Gasteiger partial charge is 0.322 e. The summed E-state index contributed by atoms with van der Waals surface area (Å²) in [7, 11) is 0. The number of halogens is 1. The van der Waals surface area contributed by atoms with Crippen LogP contribution in [-0.2, 0) is 6.54 Å². The van der Waals surface area contributed by atoms with Gasteiger partial charge in [0.05, 0.1) is 24.0 Å². The monoisotopic (exact) mass is 421 g/mol. The zero-order valence-corrected chi connectivity index (χ0v) is 17.0. The molecule has 4 N–H and O–H groups in total. The number of carbonyl (C=O) groups is 1. The third kappa shape index (κ3) is 3.82. The summed E-state index contributed by atoms with van der Waals surface area (Å²) in [5.41, 5.74) is 9.31. The summed E-state index contributed by atoms with van der Waals surface area (Å²) >= 11 is 0. The van der Waals surface area contributed by atoms with E-state index in [4.69, 9.17) is 10.7 Å². The number of amides is 1. The lowest BCUT2D eigenvalue weighted by atomic mass is 10.1. The minimum absolute atomic E-state index is 0.209. The van der Waals surface area contributed by atoms with Crippen molar-refractivity contribution in [2.24, 2.45) is 15.7 Å². The summed E-state index contributed by atoms with van der Waals surface area (Å²) in [6, 6.07) is 7.37. The molecule has 0 radical (unpaired) electrons. The van der Waals surface area contributed by atoms with Gasteiger partial charge in [0.25, 0.3) is 5.91 Å². The zero-order valence-electron chi connectivity index (χ0n) is 17.0. The van der Waals surface area contributed by atoms with Gasteiger partial charge < -0.3 is 20.9 Å². The lowest BCUT2D eigenvalue weighted by molar-refractivity contribution is 0.0977. The summed E-state index contributed by atoms with van der Waals surface area (Å²) in [5, 5.41) is 6.15. The fourth-order valence-corrected chi connectivity index (χ4v) is 4.26. The normalized spacial score (nSPS) is 22.6. The second-order valence-corrected chi connectivity index (χ2v) is 7.88. The van der Waals surface area contributed by atoms with Gasteiger partial charge in [-0.15, -0.1) is 0 Å². The summed E-state index contributed by atoms with van der Waals surface area (Å²) in [6.45, 7) is 1.97. The summed E-state index contributed by atoms with van der Waals surface area (Å²) < 4.78 is 15.6. The molecule has 1 aromatic heterocycles. The molecule has 31 heavy (non-hydrogen) atoms. The van der Waals surface area contributed by atoms with Gasteiger partial charge in [0, 0.05) is 36.4 Å². The molecule has 0 saturated carbocycles. The van der Waals surface area contributed by atoms with E-state index in [2.05, 4.69) is 25.2 Å². The van der Waals surface area contributed by atoms with Crippen LogP contribution in [0.15, 0.2) is 46.2 Å². The number of nitrogens with zero attached hydrogens (tertiary/aromatic N) is 4. The van der Waals surface area contributed by atoms with Gasteiger partial charge in [0.1, 0.15) is 23.7 Å². The average Bonchev–Trinajstić information content (AvgIpc) is 3.42. The summed E-state index contributed by atoms with van der Waals surface area (Å²) in [6.07, 6.45) is 5.05. The second-order valence-electron chi connectivity index (χ2n) is 7.88. The van der Waals surface area contributed by atoms with Crippen molar-refractivity contribution in [3.8, 4) is 11.3 Å². The fourth-order valence-electron chi connectivity index (χ4n) is 4.26. The van der Waals surface area contributed by atoms with Crippen LogP contribution in [0.3, 0.4) is 0 Å². The number of aromatic nitrogens is 2. The van der Waals surface area contributed by atoms with Gasteiger partial charge in [-0.2, -0.15) is 0 Å². The predicted molar refractivity (Wildman–Crippen MR) is 117 cm³/mol. The van der Waals surface area contributed by atoms with E-state index in [1.807, 2.05) is 18.3 Å². The number of carbonyl (C=O) groups excluding carboxylic acids is 1. The molecule has 8 nitrogen and oxygen atoms in total. The Morgan fingerprint density at radius 1 is 1.29 bits per heavy atom. The van der Waals surface area contributed by atoms with Crippen molar-refractivity contribution in [1.29, 1.82) is 0 Å². The van der Waals surface area contributed by atoms with E-state index in [1.165, 1.54) is 6.08 Å². The van der Waals surface area contributed by atoms with Crippen LogP contribution in [0.25, 0.3) is 11.3 Å². The molecule has 0 aliphatic carbocycles. The van der Waals surface area contributed by atoms with Gasteiger partial charge in [-0.3, -0.25) is 14.8 Å². The van der Waals surface area contributed by atoms with Crippen LogP contribution in [0, 0.1) is 0 Å². The van der Waals surface area contributed by atoms with Gasteiger partial charge in [0.15, 0.2) is 0 Å². The molecule has 160 valence electrons. The highest BCUT2D eigenvalue weighted by Gasteiger charge is 2.29. The number of rotatable bonds is 3. The van der Waals surface area contributed by atoms with Crippen LogP contribution < -0.4 is 16.4 Å². The number of hydrogen-bond acceptors (Lipinski definition) is 6. The molecule has 9 heteroatoms. The van der Waals surface area contributed by atoms with Gasteiger partial charge in [-0.1, -0.05) is 12.1 Å². The number of amidine groups is 1. The van der Waals surface area contributed by atoms with Gasteiger partial charge >= 0.3 is 0 Å². The van der Waals surface area contributed by atoms with E-state index >= 15 is 0 Å². The molecule has 0 bridgehead atoms. The maximum Gasteiger partial charge on any atom is 0.256 e. The Hall–Kier alpha value is -3.17. The van der Waals surface area contributed by atoms with Crippen molar-refractivity contribution in [2.45, 2.75) is 38.0 Å². The summed E-state index contributed by atoms with van der Waals surface area (Å²) in [4.78, 5) is 26.0. The van der Waals surface area contributed by atoms with Crippen LogP contribution in [0.5, 0.6) is 0 Å². The molecule has 1 amide bonds. The minimum Gasteiger partial charge on any atom is -0.322 e. The molecule has 1 aromatic carbocycles. The van der Waals surface area contributed by atoms with E-state index in [-0.39, 0.29) is 30.0 Å². The number of aliphatic imine (C=N–C) groups is 2. The molecule has 3 aliphatic heterocycles. The predicted octanol–water partition coefficient (Wildman–Crippen LogP) is 2.40. The van der Waals surface area contributed by atoms with E-state index in [9.17, 15) is 9.18 Å². The Morgan fingerprint density at radius 2 is 2.13 bits per heavy atom. The number of hydrogen-bond donors (Lipinski definition) is 3. The highest BCUT2D eigenvalue weighted by molar-refractivity contribution is 6.10. The maximum absolute atomic E-state index is 13.4. The lowest BCUT2D eigenvalue weighted by Crippen LogP contribution is -2.30. The molecule has 4 heterocycles. The van der Waals surface area contributed by atoms with Crippen molar-refractivity contribution < 1.29 is 9.18 Å². The van der Waals surface area contributed by atoms with Gasteiger partial charge in [0.2, 0.25) is 0 Å². The zero-order chi connectivity index (χ0) is 21.4. The first-order valence-electron chi connectivity index (χ1n) is 10.5. The first-order chi connectivity index (χ1) is 15.1. The Labute approximate surface area is 179 Å². The molecule has 5 rings (SSSR count). The lowest BCUT2D eigenvalue weighted by Gasteiger charge is -2.19. The Morgan fingerprint density at radius 3 is 2.87 bits per heavy atom. The number of benzene rings is 1. The minimum atomic E-state index is -0.472. The number of dihydropyridines is 1. The Balaban J connectivity index is 1.42. The molecular weight excluding hydrogens is 397 g/mol. The van der Waals surface area contributed by atoms with Crippen LogP contribution in [0.4, 0.5) is 4.39 Å². The van der Waals surface area contributed by atoms with Crippen molar-refractivity contribution in [3.63, 3.8) is 0 Å². The van der Waals surface area contributed by atoms with E-state index in [0.29, 0.717) is 18.7 Å². The number of nitrogens with one attached hydrogen (secondary N) is 2. The smallest absolute Gasteiger partial charge is 0.256 e. The van der Waals surface area contributed by atoms with Crippen LogP contribution in [0.1, 0.15) is 53.3 Å².